The summed E-state index contributed by atoms with van der Waals surface area (Å²) in [6.07, 6.45) is 2.19. The van der Waals surface area contributed by atoms with Crippen molar-refractivity contribution in [1.29, 1.82) is 0 Å². The maximum absolute atomic E-state index is 11.3. The van der Waals surface area contributed by atoms with Crippen molar-refractivity contribution in [3.8, 4) is 0 Å². The number of hydrogen-bond donors (Lipinski definition) is 1. The molecule has 0 saturated carbocycles. The monoisotopic (exact) mass is 249 g/mol. The molecule has 1 aromatic heterocycles. The number of H-pyrrole nitrogens is 1. The Bertz CT molecular complexity index is 367. The molecule has 0 unspecified atom stereocenters. The van der Waals surface area contributed by atoms with Crippen LogP contribution in [0.1, 0.15) is 13.3 Å². The molecule has 0 atom stereocenters. The molecule has 0 fully saturated rings. The van der Waals surface area contributed by atoms with Gasteiger partial charge in [-0.2, -0.15) is 0 Å². The first-order valence-corrected chi connectivity index (χ1v) is 5.66. The number of alkyl halides is 1. The highest BCUT2D eigenvalue weighted by atomic mass is 35.5. The highest BCUT2D eigenvalue weighted by Crippen LogP contribution is 2.17. The van der Waals surface area contributed by atoms with E-state index in [1.165, 1.54) is 6.33 Å². The van der Waals surface area contributed by atoms with Gasteiger partial charge in [-0.1, -0.05) is 11.6 Å². The molecule has 84 valence electrons. The molecule has 6 heteroatoms. The molecule has 1 rings (SSSR count). The molecule has 0 aromatic carbocycles. The lowest BCUT2D eigenvalue weighted by Gasteiger charge is -2.21. The van der Waals surface area contributed by atoms with Gasteiger partial charge < -0.3 is 9.88 Å². The summed E-state index contributed by atoms with van der Waals surface area (Å²) < 4.78 is 0. The minimum atomic E-state index is -0.314. The predicted octanol–water partition coefficient (Wildman–Crippen LogP) is 1.88. The summed E-state index contributed by atoms with van der Waals surface area (Å²) in [6, 6.07) is 0. The first kappa shape index (κ1) is 12.3. The largest absolute Gasteiger partial charge is 0.355 e. The Morgan fingerprint density at radius 1 is 1.60 bits per heavy atom. The van der Waals surface area contributed by atoms with E-state index >= 15 is 0 Å². The van der Waals surface area contributed by atoms with Gasteiger partial charge in [0.15, 0.2) is 5.82 Å². The molecule has 0 saturated heterocycles. The maximum Gasteiger partial charge on any atom is 0.271 e. The van der Waals surface area contributed by atoms with E-state index < -0.39 is 0 Å². The Hall–Kier alpha value is -0.740. The van der Waals surface area contributed by atoms with E-state index in [0.29, 0.717) is 11.7 Å². The molecule has 0 amide bonds. The number of halogens is 2. The Morgan fingerprint density at radius 2 is 2.33 bits per heavy atom. The number of aromatic nitrogens is 2. The van der Waals surface area contributed by atoms with Crippen LogP contribution in [0.2, 0.25) is 5.02 Å². The number of nitrogens with zero attached hydrogens (tertiary/aromatic N) is 2. The number of aromatic amines is 1. The summed E-state index contributed by atoms with van der Waals surface area (Å²) >= 11 is 11.5. The van der Waals surface area contributed by atoms with Crippen molar-refractivity contribution in [1.82, 2.24) is 9.97 Å². The van der Waals surface area contributed by atoms with Crippen LogP contribution in [-0.2, 0) is 0 Å². The molecule has 0 aliphatic heterocycles. The SMILES string of the molecule is CCN(CCCCl)c1nc[nH]c(=O)c1Cl. The van der Waals surface area contributed by atoms with Gasteiger partial charge >= 0.3 is 0 Å². The molecule has 0 bridgehead atoms. The topological polar surface area (TPSA) is 49.0 Å². The molecule has 1 aromatic rings. The average molecular weight is 250 g/mol. The van der Waals surface area contributed by atoms with E-state index in [4.69, 9.17) is 23.2 Å². The minimum absolute atomic E-state index is 0.133. The summed E-state index contributed by atoms with van der Waals surface area (Å²) in [6.45, 7) is 3.47. The zero-order valence-corrected chi connectivity index (χ0v) is 9.98. The molecule has 15 heavy (non-hydrogen) atoms. The zero-order valence-electron chi connectivity index (χ0n) is 8.46. The second-order valence-corrected chi connectivity index (χ2v) is 3.75. The van der Waals surface area contributed by atoms with Gasteiger partial charge in [0.05, 0.1) is 6.33 Å². The van der Waals surface area contributed by atoms with Crippen molar-refractivity contribution >= 4 is 29.0 Å². The van der Waals surface area contributed by atoms with Crippen LogP contribution in [0.4, 0.5) is 5.82 Å². The number of nitrogens with one attached hydrogen (secondary N) is 1. The smallest absolute Gasteiger partial charge is 0.271 e. The first-order valence-electron chi connectivity index (χ1n) is 4.74. The lowest BCUT2D eigenvalue weighted by atomic mass is 10.4. The van der Waals surface area contributed by atoms with Gasteiger partial charge in [0.2, 0.25) is 0 Å². The number of rotatable bonds is 5. The summed E-state index contributed by atoms with van der Waals surface area (Å²) in [7, 11) is 0. The summed E-state index contributed by atoms with van der Waals surface area (Å²) in [4.78, 5) is 19.7. The van der Waals surface area contributed by atoms with Gasteiger partial charge in [-0.3, -0.25) is 4.79 Å². The molecule has 4 nitrogen and oxygen atoms in total. The van der Waals surface area contributed by atoms with Crippen LogP contribution in [0.5, 0.6) is 0 Å². The van der Waals surface area contributed by atoms with E-state index in [2.05, 4.69) is 9.97 Å². The van der Waals surface area contributed by atoms with Gasteiger partial charge in [-0.15, -0.1) is 11.6 Å². The third-order valence-corrected chi connectivity index (χ3v) is 2.63. The van der Waals surface area contributed by atoms with Crippen molar-refractivity contribution < 1.29 is 0 Å². The quantitative estimate of drug-likeness (QED) is 0.811. The van der Waals surface area contributed by atoms with E-state index in [0.717, 1.165) is 19.5 Å². The van der Waals surface area contributed by atoms with Crippen molar-refractivity contribution in [2.24, 2.45) is 0 Å². The van der Waals surface area contributed by atoms with Gasteiger partial charge in [0.25, 0.3) is 5.56 Å². The highest BCUT2D eigenvalue weighted by molar-refractivity contribution is 6.32. The molecular weight excluding hydrogens is 237 g/mol. The van der Waals surface area contributed by atoms with Gasteiger partial charge in [-0.25, -0.2) is 4.98 Å². The van der Waals surface area contributed by atoms with Crippen LogP contribution in [0, 0.1) is 0 Å². The fraction of sp³-hybridized carbons (Fsp3) is 0.556. The third-order valence-electron chi connectivity index (χ3n) is 2.02. The molecule has 0 spiro atoms. The normalized spacial score (nSPS) is 10.3. The van der Waals surface area contributed by atoms with E-state index in [-0.39, 0.29) is 10.6 Å². The van der Waals surface area contributed by atoms with Gasteiger partial charge in [-0.05, 0) is 13.3 Å². The summed E-state index contributed by atoms with van der Waals surface area (Å²) in [5.74, 6) is 1.10. The molecule has 0 radical (unpaired) electrons. The minimum Gasteiger partial charge on any atom is -0.355 e. The zero-order chi connectivity index (χ0) is 11.3. The lowest BCUT2D eigenvalue weighted by Crippen LogP contribution is -2.27. The molecule has 0 aliphatic carbocycles. The van der Waals surface area contributed by atoms with Crippen molar-refractivity contribution in [2.45, 2.75) is 13.3 Å². The predicted molar refractivity (Wildman–Crippen MR) is 63.1 cm³/mol. The number of hydrogen-bond acceptors (Lipinski definition) is 3. The summed E-state index contributed by atoms with van der Waals surface area (Å²) in [5, 5.41) is 0.133. The maximum atomic E-state index is 11.3. The van der Waals surface area contributed by atoms with Crippen molar-refractivity contribution in [3.63, 3.8) is 0 Å². The molecule has 1 N–H and O–H groups in total. The van der Waals surface area contributed by atoms with Crippen LogP contribution in [0.3, 0.4) is 0 Å². The lowest BCUT2D eigenvalue weighted by molar-refractivity contribution is 0.778. The van der Waals surface area contributed by atoms with E-state index in [1.54, 1.807) is 0 Å². The molecular formula is C9H13Cl2N3O. The Balaban J connectivity index is 2.91. The van der Waals surface area contributed by atoms with E-state index in [9.17, 15) is 4.79 Å². The van der Waals surface area contributed by atoms with Crippen LogP contribution in [-0.4, -0.2) is 28.9 Å². The molecule has 1 heterocycles. The Kier molecular flexibility index (Phi) is 4.91. The van der Waals surface area contributed by atoms with Gasteiger partial charge in [0, 0.05) is 19.0 Å². The molecule has 0 aliphatic rings. The fourth-order valence-electron chi connectivity index (χ4n) is 1.26. The van der Waals surface area contributed by atoms with Crippen molar-refractivity contribution in [3.05, 3.63) is 21.7 Å². The Morgan fingerprint density at radius 3 is 2.93 bits per heavy atom. The fourth-order valence-corrected chi connectivity index (χ4v) is 1.60. The highest BCUT2D eigenvalue weighted by Gasteiger charge is 2.11. The first-order chi connectivity index (χ1) is 7.20. The third kappa shape index (κ3) is 3.11. The standard InChI is InChI=1S/C9H13Cl2N3O/c1-2-14(5-3-4-10)8-7(11)9(15)13-6-12-8/h6H,2-5H2,1H3,(H,12,13,15). The summed E-state index contributed by atoms with van der Waals surface area (Å²) in [5.41, 5.74) is -0.314. The number of anilines is 1. The second kappa shape index (κ2) is 5.98. The Labute approximate surface area is 98.2 Å². The second-order valence-electron chi connectivity index (χ2n) is 2.99. The van der Waals surface area contributed by atoms with Crippen LogP contribution >= 0.6 is 23.2 Å². The van der Waals surface area contributed by atoms with Crippen molar-refractivity contribution in [2.75, 3.05) is 23.9 Å². The van der Waals surface area contributed by atoms with Crippen LogP contribution in [0.25, 0.3) is 0 Å². The van der Waals surface area contributed by atoms with Gasteiger partial charge in [0.1, 0.15) is 5.02 Å². The van der Waals surface area contributed by atoms with Crippen LogP contribution in [0.15, 0.2) is 11.1 Å². The van der Waals surface area contributed by atoms with Crippen LogP contribution < -0.4 is 10.5 Å². The average Bonchev–Trinajstić information content (AvgIpc) is 2.25. The van der Waals surface area contributed by atoms with E-state index in [1.807, 2.05) is 11.8 Å².